The van der Waals surface area contributed by atoms with Gasteiger partial charge < -0.3 is 10.6 Å². The first-order chi connectivity index (χ1) is 13.6. The summed E-state index contributed by atoms with van der Waals surface area (Å²) in [5.41, 5.74) is 6.42. The van der Waals surface area contributed by atoms with Gasteiger partial charge in [-0.3, -0.25) is 20.3 Å². The highest BCUT2D eigenvalue weighted by atomic mass is 32.1. The molecule has 0 aliphatic carbocycles. The molecular weight excluding hydrogens is 409 g/mol. The van der Waals surface area contributed by atoms with E-state index in [1.54, 1.807) is 17.8 Å². The van der Waals surface area contributed by atoms with Gasteiger partial charge in [-0.05, 0) is 39.4 Å². The van der Waals surface area contributed by atoms with Crippen LogP contribution in [0, 0.1) is 6.92 Å². The number of nitrogens with one attached hydrogen (secondary N) is 4. The van der Waals surface area contributed by atoms with Crippen molar-refractivity contribution in [3.05, 3.63) is 23.7 Å². The summed E-state index contributed by atoms with van der Waals surface area (Å²) in [7, 11) is 0. The van der Waals surface area contributed by atoms with Crippen LogP contribution in [0.5, 0.6) is 0 Å². The standard InChI is InChI=1S/C16H21F3N8OS/c1-4-26-9(3)11(7-20-26)23-15(29)25-24-14(28)10-6-21-27-12(16(17,18)19)5-8(2)22-13(10)27/h6-8,12,22H,4-5H2,1-3H3,(H,24,28)(H2,23,25,29)/t8-,12-/m0/s1. The molecule has 158 valence electrons. The number of anilines is 2. The third kappa shape index (κ3) is 4.28. The molecule has 29 heavy (non-hydrogen) atoms. The number of aromatic nitrogens is 4. The molecule has 3 heterocycles. The summed E-state index contributed by atoms with van der Waals surface area (Å²) in [5.74, 6) is -0.650. The summed E-state index contributed by atoms with van der Waals surface area (Å²) in [5, 5.41) is 13.8. The Labute approximate surface area is 170 Å². The van der Waals surface area contributed by atoms with Crippen molar-refractivity contribution < 1.29 is 18.0 Å². The second kappa shape index (κ2) is 7.89. The Kier molecular flexibility index (Phi) is 5.68. The predicted octanol–water partition coefficient (Wildman–Crippen LogP) is 2.35. The molecule has 4 N–H and O–H groups in total. The maximum absolute atomic E-state index is 13.3. The summed E-state index contributed by atoms with van der Waals surface area (Å²) < 4.78 is 42.4. The van der Waals surface area contributed by atoms with Crippen molar-refractivity contribution in [3.8, 4) is 0 Å². The number of nitrogens with zero attached hydrogens (tertiary/aromatic N) is 4. The number of amides is 1. The molecule has 2 atom stereocenters. The van der Waals surface area contributed by atoms with Gasteiger partial charge in [0.1, 0.15) is 11.4 Å². The molecule has 0 spiro atoms. The largest absolute Gasteiger partial charge is 0.410 e. The average molecular weight is 430 g/mol. The number of rotatable bonds is 3. The number of carbonyl (C=O) groups is 1. The Bertz CT molecular complexity index is 922. The number of alkyl halides is 3. The van der Waals surface area contributed by atoms with Crippen LogP contribution in [0.3, 0.4) is 0 Å². The average Bonchev–Trinajstić information content (AvgIpc) is 3.22. The first-order valence-electron chi connectivity index (χ1n) is 8.92. The van der Waals surface area contributed by atoms with E-state index in [-0.39, 0.29) is 22.9 Å². The molecule has 0 fully saturated rings. The number of carbonyl (C=O) groups excluding carboxylic acids is 1. The molecule has 1 amide bonds. The quantitative estimate of drug-likeness (QED) is 0.438. The maximum Gasteiger partial charge on any atom is 0.410 e. The molecule has 1 aliphatic heterocycles. The van der Waals surface area contributed by atoms with Crippen LogP contribution in [0.25, 0.3) is 0 Å². The van der Waals surface area contributed by atoms with Gasteiger partial charge >= 0.3 is 6.18 Å². The molecule has 9 nitrogen and oxygen atoms in total. The van der Waals surface area contributed by atoms with Crippen LogP contribution >= 0.6 is 12.2 Å². The number of hydrogen-bond donors (Lipinski definition) is 4. The molecule has 3 rings (SSSR count). The van der Waals surface area contributed by atoms with Gasteiger partial charge in [0.2, 0.25) is 0 Å². The number of aryl methyl sites for hydroxylation is 1. The van der Waals surface area contributed by atoms with E-state index in [2.05, 4.69) is 31.7 Å². The zero-order valence-electron chi connectivity index (χ0n) is 16.0. The molecule has 0 unspecified atom stereocenters. The third-order valence-electron chi connectivity index (χ3n) is 4.61. The number of fused-ring (bicyclic) bond motifs is 1. The minimum atomic E-state index is -4.46. The molecule has 13 heteroatoms. The van der Waals surface area contributed by atoms with Gasteiger partial charge in [-0.2, -0.15) is 23.4 Å². The fraction of sp³-hybridized carbons (Fsp3) is 0.500. The topological polar surface area (TPSA) is 101 Å². The van der Waals surface area contributed by atoms with Crippen molar-refractivity contribution in [2.75, 3.05) is 10.6 Å². The van der Waals surface area contributed by atoms with Crippen LogP contribution in [0.15, 0.2) is 12.4 Å². The smallest absolute Gasteiger partial charge is 0.367 e. The van der Waals surface area contributed by atoms with Gasteiger partial charge in [0.05, 0.1) is 23.8 Å². The van der Waals surface area contributed by atoms with Gasteiger partial charge in [0, 0.05) is 12.6 Å². The van der Waals surface area contributed by atoms with Crippen molar-refractivity contribution in [2.45, 2.75) is 52.0 Å². The van der Waals surface area contributed by atoms with E-state index in [0.29, 0.717) is 12.2 Å². The normalized spacial score (nSPS) is 18.6. The molecule has 1 aliphatic rings. The maximum atomic E-state index is 13.3. The van der Waals surface area contributed by atoms with Crippen LogP contribution in [-0.2, 0) is 6.54 Å². The van der Waals surface area contributed by atoms with Crippen molar-refractivity contribution >= 4 is 34.7 Å². The second-order valence-corrected chi connectivity index (χ2v) is 7.09. The van der Waals surface area contributed by atoms with E-state index >= 15 is 0 Å². The summed E-state index contributed by atoms with van der Waals surface area (Å²) in [4.78, 5) is 12.5. The third-order valence-corrected chi connectivity index (χ3v) is 4.82. The molecule has 2 aromatic heterocycles. The second-order valence-electron chi connectivity index (χ2n) is 6.68. The van der Waals surface area contributed by atoms with E-state index in [9.17, 15) is 18.0 Å². The first-order valence-corrected chi connectivity index (χ1v) is 9.33. The number of hydrogen-bond acceptors (Lipinski definition) is 5. The fourth-order valence-electron chi connectivity index (χ4n) is 3.13. The van der Waals surface area contributed by atoms with Gasteiger partial charge in [-0.25, -0.2) is 4.68 Å². The summed E-state index contributed by atoms with van der Waals surface area (Å²) >= 11 is 5.14. The number of halogens is 3. The minimum absolute atomic E-state index is 0.0175. The summed E-state index contributed by atoms with van der Waals surface area (Å²) in [6.45, 7) is 6.13. The lowest BCUT2D eigenvalue weighted by Crippen LogP contribution is -2.44. The Hall–Kier alpha value is -2.83. The highest BCUT2D eigenvalue weighted by molar-refractivity contribution is 7.80. The van der Waals surface area contributed by atoms with Crippen molar-refractivity contribution in [2.24, 2.45) is 0 Å². The lowest BCUT2D eigenvalue weighted by molar-refractivity contribution is -0.173. The van der Waals surface area contributed by atoms with E-state index in [1.165, 1.54) is 0 Å². The van der Waals surface area contributed by atoms with Crippen LogP contribution in [-0.4, -0.2) is 42.8 Å². The zero-order chi connectivity index (χ0) is 21.3. The Morgan fingerprint density at radius 3 is 2.69 bits per heavy atom. The molecule has 2 aromatic rings. The van der Waals surface area contributed by atoms with E-state index in [4.69, 9.17) is 12.2 Å². The highest BCUT2D eigenvalue weighted by Crippen LogP contribution is 2.39. The van der Waals surface area contributed by atoms with Gasteiger partial charge in [-0.15, -0.1) is 0 Å². The fourth-order valence-corrected chi connectivity index (χ4v) is 3.29. The molecular formula is C16H21F3N8OS. The molecule has 0 radical (unpaired) electrons. The summed E-state index contributed by atoms with van der Waals surface area (Å²) in [6.07, 6.45) is -1.93. The van der Waals surface area contributed by atoms with Crippen molar-refractivity contribution in [1.29, 1.82) is 0 Å². The van der Waals surface area contributed by atoms with E-state index < -0.39 is 24.2 Å². The minimum Gasteiger partial charge on any atom is -0.367 e. The van der Waals surface area contributed by atoms with Crippen LogP contribution in [0.1, 0.15) is 42.4 Å². The predicted molar refractivity (Wildman–Crippen MR) is 104 cm³/mol. The lowest BCUT2D eigenvalue weighted by Gasteiger charge is -2.31. The molecule has 0 saturated heterocycles. The van der Waals surface area contributed by atoms with Crippen LogP contribution in [0.4, 0.5) is 24.7 Å². The zero-order valence-corrected chi connectivity index (χ0v) is 16.8. The Balaban J connectivity index is 1.67. The van der Waals surface area contributed by atoms with Crippen molar-refractivity contribution in [1.82, 2.24) is 30.4 Å². The molecule has 0 saturated carbocycles. The van der Waals surface area contributed by atoms with Gasteiger partial charge in [0.25, 0.3) is 5.91 Å². The number of hydrazine groups is 1. The summed E-state index contributed by atoms with van der Waals surface area (Å²) in [6, 6.07) is -2.25. The van der Waals surface area contributed by atoms with Crippen LogP contribution < -0.4 is 21.5 Å². The Morgan fingerprint density at radius 1 is 1.34 bits per heavy atom. The van der Waals surface area contributed by atoms with Crippen LogP contribution in [0.2, 0.25) is 0 Å². The van der Waals surface area contributed by atoms with Gasteiger partial charge in [-0.1, -0.05) is 0 Å². The lowest BCUT2D eigenvalue weighted by atomic mass is 10.1. The van der Waals surface area contributed by atoms with Gasteiger partial charge in [0.15, 0.2) is 11.2 Å². The first kappa shape index (κ1) is 20.9. The molecule has 0 bridgehead atoms. The van der Waals surface area contributed by atoms with E-state index in [0.717, 1.165) is 16.6 Å². The van der Waals surface area contributed by atoms with Crippen molar-refractivity contribution in [3.63, 3.8) is 0 Å². The molecule has 0 aromatic carbocycles. The Morgan fingerprint density at radius 2 is 2.07 bits per heavy atom. The SMILES string of the molecule is CCn1ncc(NC(=S)NNC(=O)c2cnn3c2N[C@@H](C)C[C@H]3C(F)(F)F)c1C. The highest BCUT2D eigenvalue weighted by Gasteiger charge is 2.46. The monoisotopic (exact) mass is 430 g/mol. The number of thiocarbonyl (C=S) groups is 1. The van der Waals surface area contributed by atoms with E-state index in [1.807, 2.05) is 13.8 Å².